The van der Waals surface area contributed by atoms with Crippen molar-refractivity contribution < 1.29 is 9.53 Å². The summed E-state index contributed by atoms with van der Waals surface area (Å²) >= 11 is 0. The van der Waals surface area contributed by atoms with Gasteiger partial charge in [-0.25, -0.2) is 0 Å². The molecule has 0 atom stereocenters. The molecule has 0 spiro atoms. The summed E-state index contributed by atoms with van der Waals surface area (Å²) in [7, 11) is 0. The van der Waals surface area contributed by atoms with Crippen LogP contribution in [-0.2, 0) is 9.53 Å². The lowest BCUT2D eigenvalue weighted by atomic mass is 9.90. The average molecular weight is 214 g/mol. The molecule has 0 aliphatic carbocycles. The first-order valence-electron chi connectivity index (χ1n) is 5.74. The summed E-state index contributed by atoms with van der Waals surface area (Å²) in [5.41, 5.74) is 0.0847. The molecule has 0 saturated heterocycles. The molecule has 0 aromatic heterocycles. The van der Waals surface area contributed by atoms with Crippen molar-refractivity contribution in [2.45, 2.75) is 54.4 Å². The number of Topliss-reactive ketones (excluding diaryl/α,β-unsaturated/α-hetero) is 1. The average Bonchev–Trinajstić information content (AvgIpc) is 1.99. The van der Waals surface area contributed by atoms with E-state index in [0.717, 1.165) is 12.8 Å². The zero-order valence-electron chi connectivity index (χ0n) is 11.1. The highest BCUT2D eigenvalue weighted by atomic mass is 16.5. The van der Waals surface area contributed by atoms with Gasteiger partial charge in [-0.2, -0.15) is 0 Å². The molecule has 0 radical (unpaired) electrons. The smallest absolute Gasteiger partial charge is 0.163 e. The van der Waals surface area contributed by atoms with E-state index in [1.54, 1.807) is 0 Å². The van der Waals surface area contributed by atoms with Crippen molar-refractivity contribution in [2.24, 2.45) is 10.8 Å². The van der Waals surface area contributed by atoms with Crippen LogP contribution in [0.15, 0.2) is 0 Å². The van der Waals surface area contributed by atoms with Crippen LogP contribution in [0.3, 0.4) is 0 Å². The molecule has 0 aliphatic rings. The van der Waals surface area contributed by atoms with Crippen molar-refractivity contribution in [1.29, 1.82) is 0 Å². The predicted molar refractivity (Wildman–Crippen MR) is 64.0 cm³/mol. The molecule has 90 valence electrons. The lowest BCUT2D eigenvalue weighted by Gasteiger charge is -2.19. The minimum absolute atomic E-state index is 0.179. The molecule has 0 bridgehead atoms. The highest BCUT2D eigenvalue weighted by Crippen LogP contribution is 2.20. The predicted octanol–water partition coefficient (Wildman–Crippen LogP) is 3.44. The number of ether oxygens (including phenoxy) is 1. The lowest BCUT2D eigenvalue weighted by molar-refractivity contribution is -0.131. The Balaban J connectivity index is 3.53. The van der Waals surface area contributed by atoms with Gasteiger partial charge < -0.3 is 4.74 Å². The first kappa shape index (κ1) is 14.6. The molecule has 2 heteroatoms. The van der Waals surface area contributed by atoms with Crippen LogP contribution < -0.4 is 0 Å². The van der Waals surface area contributed by atoms with Crippen LogP contribution in [0.2, 0.25) is 0 Å². The van der Waals surface area contributed by atoms with Crippen LogP contribution in [0, 0.1) is 10.8 Å². The van der Waals surface area contributed by atoms with E-state index >= 15 is 0 Å². The third kappa shape index (κ3) is 8.61. The number of rotatable bonds is 5. The Morgan fingerprint density at radius 1 is 1.07 bits per heavy atom. The zero-order chi connectivity index (χ0) is 12.1. The molecule has 15 heavy (non-hydrogen) atoms. The number of hydrogen-bond donors (Lipinski definition) is 0. The summed E-state index contributed by atoms with van der Waals surface area (Å²) in [6.45, 7) is 13.4. The molecular formula is C13H26O2. The van der Waals surface area contributed by atoms with Gasteiger partial charge in [-0.1, -0.05) is 41.5 Å². The number of carbonyl (C=O) groups excluding carboxylic acids is 1. The minimum atomic E-state index is -0.274. The van der Waals surface area contributed by atoms with Gasteiger partial charge >= 0.3 is 0 Å². The molecule has 0 N–H and O–H groups in total. The molecule has 0 amide bonds. The Hall–Kier alpha value is -0.370. The Labute approximate surface area is 94.4 Å². The van der Waals surface area contributed by atoms with Crippen molar-refractivity contribution in [3.8, 4) is 0 Å². The van der Waals surface area contributed by atoms with Gasteiger partial charge in [0.25, 0.3) is 0 Å². The summed E-state index contributed by atoms with van der Waals surface area (Å²) in [4.78, 5) is 11.5. The number of carbonyl (C=O) groups is 1. The Morgan fingerprint density at radius 3 is 2.00 bits per heavy atom. The third-order valence-electron chi connectivity index (χ3n) is 2.29. The maximum atomic E-state index is 11.5. The summed E-state index contributed by atoms with van der Waals surface area (Å²) in [5, 5.41) is 0. The molecule has 0 fully saturated rings. The van der Waals surface area contributed by atoms with Crippen molar-refractivity contribution in [3.63, 3.8) is 0 Å². The third-order valence-corrected chi connectivity index (χ3v) is 2.29. The first-order valence-corrected chi connectivity index (χ1v) is 5.74. The van der Waals surface area contributed by atoms with E-state index in [2.05, 4.69) is 20.8 Å². The van der Waals surface area contributed by atoms with Crippen LogP contribution in [-0.4, -0.2) is 19.0 Å². The highest BCUT2D eigenvalue weighted by molar-refractivity contribution is 5.84. The maximum Gasteiger partial charge on any atom is 0.163 e. The van der Waals surface area contributed by atoms with Crippen LogP contribution in [0.5, 0.6) is 0 Å². The van der Waals surface area contributed by atoms with Gasteiger partial charge in [-0.3, -0.25) is 4.79 Å². The number of ketones is 1. The molecule has 2 nitrogen and oxygen atoms in total. The molecule has 0 heterocycles. The fourth-order valence-corrected chi connectivity index (χ4v) is 1.09. The van der Waals surface area contributed by atoms with Gasteiger partial charge in [0, 0.05) is 12.0 Å². The zero-order valence-corrected chi connectivity index (χ0v) is 11.1. The largest absolute Gasteiger partial charge is 0.374 e. The van der Waals surface area contributed by atoms with E-state index < -0.39 is 0 Å². The van der Waals surface area contributed by atoms with Gasteiger partial charge in [0.2, 0.25) is 0 Å². The van der Waals surface area contributed by atoms with Gasteiger partial charge in [0.1, 0.15) is 6.61 Å². The normalized spacial score (nSPS) is 12.9. The molecule has 0 aromatic rings. The summed E-state index contributed by atoms with van der Waals surface area (Å²) < 4.78 is 5.37. The van der Waals surface area contributed by atoms with Crippen molar-refractivity contribution in [2.75, 3.05) is 13.2 Å². The summed E-state index contributed by atoms with van der Waals surface area (Å²) in [5.74, 6) is 0.179. The van der Waals surface area contributed by atoms with Gasteiger partial charge in [0.15, 0.2) is 5.78 Å². The molecule has 0 rings (SSSR count). The summed E-state index contributed by atoms with van der Waals surface area (Å²) in [6.07, 6.45) is 2.16. The fourth-order valence-electron chi connectivity index (χ4n) is 1.09. The van der Waals surface area contributed by atoms with E-state index in [9.17, 15) is 4.79 Å². The van der Waals surface area contributed by atoms with E-state index in [1.807, 2.05) is 20.8 Å². The Morgan fingerprint density at radius 2 is 1.60 bits per heavy atom. The van der Waals surface area contributed by atoms with E-state index in [4.69, 9.17) is 4.74 Å². The topological polar surface area (TPSA) is 26.3 Å². The fraction of sp³-hybridized carbons (Fsp3) is 0.923. The highest BCUT2D eigenvalue weighted by Gasteiger charge is 2.20. The van der Waals surface area contributed by atoms with Crippen molar-refractivity contribution in [1.82, 2.24) is 0 Å². The summed E-state index contributed by atoms with van der Waals surface area (Å²) in [6, 6.07) is 0. The monoisotopic (exact) mass is 214 g/mol. The van der Waals surface area contributed by atoms with Crippen molar-refractivity contribution >= 4 is 5.78 Å². The SMILES string of the molecule is CC(C)(C)CCCOCC(=O)C(C)(C)C. The van der Waals surface area contributed by atoms with Crippen molar-refractivity contribution in [3.05, 3.63) is 0 Å². The Bertz CT molecular complexity index is 194. The minimum Gasteiger partial charge on any atom is -0.374 e. The quantitative estimate of drug-likeness (QED) is 0.655. The second-order valence-electron chi connectivity index (χ2n) is 6.39. The van der Waals surface area contributed by atoms with Gasteiger partial charge in [-0.05, 0) is 18.3 Å². The van der Waals surface area contributed by atoms with Crippen LogP contribution in [0.25, 0.3) is 0 Å². The molecule has 0 saturated carbocycles. The van der Waals surface area contributed by atoms with E-state index in [0.29, 0.717) is 12.0 Å². The molecule has 0 unspecified atom stereocenters. The van der Waals surface area contributed by atoms with Gasteiger partial charge in [-0.15, -0.1) is 0 Å². The second-order valence-corrected chi connectivity index (χ2v) is 6.39. The molecular weight excluding hydrogens is 188 g/mol. The van der Waals surface area contributed by atoms with E-state index in [1.165, 1.54) is 0 Å². The Kier molecular flexibility index (Phi) is 5.50. The number of hydrogen-bond acceptors (Lipinski definition) is 2. The second kappa shape index (κ2) is 5.64. The van der Waals surface area contributed by atoms with Crippen LogP contribution in [0.4, 0.5) is 0 Å². The molecule has 0 aliphatic heterocycles. The van der Waals surface area contributed by atoms with Crippen LogP contribution >= 0.6 is 0 Å². The van der Waals surface area contributed by atoms with Gasteiger partial charge in [0.05, 0.1) is 0 Å². The van der Waals surface area contributed by atoms with E-state index in [-0.39, 0.29) is 17.8 Å². The maximum absolute atomic E-state index is 11.5. The molecule has 0 aromatic carbocycles. The lowest BCUT2D eigenvalue weighted by Crippen LogP contribution is -2.25. The van der Waals surface area contributed by atoms with Crippen LogP contribution in [0.1, 0.15) is 54.4 Å². The standard InChI is InChI=1S/C13H26O2/c1-12(2,3)8-7-9-15-10-11(14)13(4,5)6/h7-10H2,1-6H3. The first-order chi connectivity index (χ1) is 6.63.